The lowest BCUT2D eigenvalue weighted by molar-refractivity contribution is -0.143. The molecule has 0 bridgehead atoms. The Morgan fingerprint density at radius 3 is 2.66 bits per heavy atom. The summed E-state index contributed by atoms with van der Waals surface area (Å²) in [6, 6.07) is 17.0. The van der Waals surface area contributed by atoms with Crippen LogP contribution in [0.4, 0.5) is 0 Å². The van der Waals surface area contributed by atoms with Crippen LogP contribution in [0.25, 0.3) is 6.08 Å². The minimum atomic E-state index is -0.260. The number of benzene rings is 2. The number of carbonyl (C=O) groups excluding carboxylic acids is 2. The number of hydrogen-bond donors (Lipinski definition) is 0. The van der Waals surface area contributed by atoms with Crippen molar-refractivity contribution in [2.75, 3.05) is 13.2 Å². The average Bonchev–Trinajstić information content (AvgIpc) is 2.96. The molecule has 5 nitrogen and oxygen atoms in total. The third-order valence-electron chi connectivity index (χ3n) is 4.08. The summed E-state index contributed by atoms with van der Waals surface area (Å²) < 4.78 is 11.3. The van der Waals surface area contributed by atoms with E-state index in [0.29, 0.717) is 34.5 Å². The van der Waals surface area contributed by atoms with E-state index in [9.17, 15) is 9.59 Å². The lowest BCUT2D eigenvalue weighted by Gasteiger charge is -2.13. The Labute approximate surface area is 179 Å². The highest BCUT2D eigenvalue weighted by atomic mass is 32.2. The first-order valence-electron chi connectivity index (χ1n) is 9.31. The van der Waals surface area contributed by atoms with Gasteiger partial charge in [-0.15, -0.1) is 0 Å². The quantitative estimate of drug-likeness (QED) is 0.335. The minimum Gasteiger partial charge on any atom is -0.466 e. The molecule has 0 atom stereocenters. The summed E-state index contributed by atoms with van der Waals surface area (Å²) in [6.45, 7) is 2.53. The molecule has 1 saturated heterocycles. The van der Waals surface area contributed by atoms with Crippen molar-refractivity contribution < 1.29 is 19.1 Å². The van der Waals surface area contributed by atoms with Crippen LogP contribution in [0.2, 0.25) is 0 Å². The normalized spacial score (nSPS) is 15.1. The molecule has 150 valence electrons. The Hall–Kier alpha value is -2.64. The van der Waals surface area contributed by atoms with E-state index >= 15 is 0 Å². The molecule has 0 saturated carbocycles. The predicted molar refractivity (Wildman–Crippen MR) is 119 cm³/mol. The maximum atomic E-state index is 12.7. The van der Waals surface area contributed by atoms with Crippen LogP contribution in [0.1, 0.15) is 25.3 Å². The first-order chi connectivity index (χ1) is 14.1. The number of ether oxygens (including phenoxy) is 2. The van der Waals surface area contributed by atoms with Gasteiger partial charge < -0.3 is 9.47 Å². The van der Waals surface area contributed by atoms with Crippen LogP contribution in [0.3, 0.4) is 0 Å². The summed E-state index contributed by atoms with van der Waals surface area (Å²) in [5.41, 5.74) is 0.852. The molecule has 3 rings (SSSR count). The second-order valence-electron chi connectivity index (χ2n) is 6.23. The molecule has 0 radical (unpaired) electrons. The zero-order valence-electron chi connectivity index (χ0n) is 16.0. The van der Waals surface area contributed by atoms with E-state index in [-0.39, 0.29) is 18.3 Å². The molecular weight excluding hydrogens is 406 g/mol. The number of thioether (sulfide) groups is 1. The highest BCUT2D eigenvalue weighted by molar-refractivity contribution is 8.26. The summed E-state index contributed by atoms with van der Waals surface area (Å²) >= 11 is 6.61. The van der Waals surface area contributed by atoms with Gasteiger partial charge in [-0.25, -0.2) is 0 Å². The molecule has 1 aliphatic heterocycles. The number of para-hydroxylation sites is 1. The maximum Gasteiger partial charge on any atom is 0.305 e. The van der Waals surface area contributed by atoms with Gasteiger partial charge in [-0.1, -0.05) is 54.3 Å². The van der Waals surface area contributed by atoms with Crippen molar-refractivity contribution in [1.82, 2.24) is 4.90 Å². The summed E-state index contributed by atoms with van der Waals surface area (Å²) in [5.74, 6) is 1.04. The number of carbonyl (C=O) groups is 2. The second kappa shape index (κ2) is 10.2. The average molecular weight is 428 g/mol. The van der Waals surface area contributed by atoms with E-state index in [0.717, 1.165) is 11.3 Å². The van der Waals surface area contributed by atoms with Crippen molar-refractivity contribution in [3.8, 4) is 11.5 Å². The number of rotatable bonds is 8. The Bertz CT molecular complexity index is 927. The molecular formula is C22H21NO4S2. The first-order valence-corrected chi connectivity index (χ1v) is 10.5. The third-order valence-corrected chi connectivity index (χ3v) is 5.45. The van der Waals surface area contributed by atoms with Gasteiger partial charge in [0, 0.05) is 13.0 Å². The molecule has 0 spiro atoms. The highest BCUT2D eigenvalue weighted by Crippen LogP contribution is 2.33. The zero-order valence-corrected chi connectivity index (χ0v) is 17.6. The van der Waals surface area contributed by atoms with Crippen LogP contribution in [-0.4, -0.2) is 34.2 Å². The van der Waals surface area contributed by atoms with Gasteiger partial charge in [0.15, 0.2) is 0 Å². The van der Waals surface area contributed by atoms with Crippen molar-refractivity contribution >= 4 is 46.3 Å². The Morgan fingerprint density at radius 1 is 1.14 bits per heavy atom. The molecule has 1 amide bonds. The minimum absolute atomic E-state index is 0.141. The molecule has 1 heterocycles. The smallest absolute Gasteiger partial charge is 0.305 e. The van der Waals surface area contributed by atoms with Gasteiger partial charge in [-0.3, -0.25) is 14.5 Å². The SMILES string of the molecule is CCOC(=O)CCCN1C(=O)/C(=C\c2cccc(Oc3ccccc3)c2)SC1=S. The zero-order chi connectivity index (χ0) is 20.6. The summed E-state index contributed by atoms with van der Waals surface area (Å²) in [5, 5.41) is 0. The van der Waals surface area contributed by atoms with Crippen LogP contribution in [0, 0.1) is 0 Å². The Morgan fingerprint density at radius 2 is 1.90 bits per heavy atom. The van der Waals surface area contributed by atoms with E-state index in [4.69, 9.17) is 21.7 Å². The molecule has 0 aliphatic carbocycles. The molecule has 1 aliphatic rings. The van der Waals surface area contributed by atoms with Crippen LogP contribution in [0.5, 0.6) is 11.5 Å². The van der Waals surface area contributed by atoms with Crippen LogP contribution in [-0.2, 0) is 14.3 Å². The van der Waals surface area contributed by atoms with Gasteiger partial charge in [-0.2, -0.15) is 0 Å². The summed E-state index contributed by atoms with van der Waals surface area (Å²) in [6.07, 6.45) is 2.59. The maximum absolute atomic E-state index is 12.7. The van der Waals surface area contributed by atoms with Gasteiger partial charge in [0.1, 0.15) is 15.8 Å². The number of thiocarbonyl (C=S) groups is 1. The fourth-order valence-electron chi connectivity index (χ4n) is 2.75. The first kappa shape index (κ1) is 21.1. The van der Waals surface area contributed by atoms with Gasteiger partial charge in [0.05, 0.1) is 11.5 Å². The van der Waals surface area contributed by atoms with Crippen molar-refractivity contribution in [2.45, 2.75) is 19.8 Å². The fraction of sp³-hybridized carbons (Fsp3) is 0.227. The lowest BCUT2D eigenvalue weighted by Crippen LogP contribution is -2.29. The molecule has 0 unspecified atom stereocenters. The highest BCUT2D eigenvalue weighted by Gasteiger charge is 2.31. The van der Waals surface area contributed by atoms with Crippen molar-refractivity contribution in [2.24, 2.45) is 0 Å². The monoisotopic (exact) mass is 427 g/mol. The number of esters is 1. The molecule has 2 aromatic rings. The van der Waals surface area contributed by atoms with Crippen molar-refractivity contribution in [1.29, 1.82) is 0 Å². The largest absolute Gasteiger partial charge is 0.466 e. The second-order valence-corrected chi connectivity index (χ2v) is 7.91. The summed E-state index contributed by atoms with van der Waals surface area (Å²) in [4.78, 5) is 26.3. The Balaban J connectivity index is 1.64. The topological polar surface area (TPSA) is 55.8 Å². The molecule has 29 heavy (non-hydrogen) atoms. The standard InChI is InChI=1S/C22H21NO4S2/c1-2-26-20(24)12-7-13-23-21(25)19(29-22(23)28)15-16-8-6-11-18(14-16)27-17-9-4-3-5-10-17/h3-6,8-11,14-15H,2,7,12-13H2,1H3/b19-15+. The van der Waals surface area contributed by atoms with E-state index < -0.39 is 0 Å². The van der Waals surface area contributed by atoms with Crippen molar-refractivity contribution in [3.63, 3.8) is 0 Å². The fourth-order valence-corrected chi connectivity index (χ4v) is 4.06. The van der Waals surface area contributed by atoms with E-state index in [1.807, 2.05) is 60.7 Å². The van der Waals surface area contributed by atoms with E-state index in [1.54, 1.807) is 6.92 Å². The molecule has 0 aromatic heterocycles. The van der Waals surface area contributed by atoms with Crippen molar-refractivity contribution in [3.05, 3.63) is 65.1 Å². The number of amides is 1. The van der Waals surface area contributed by atoms with Crippen LogP contribution < -0.4 is 4.74 Å². The number of hydrogen-bond acceptors (Lipinski definition) is 6. The van der Waals surface area contributed by atoms with Gasteiger partial charge in [0.25, 0.3) is 5.91 Å². The van der Waals surface area contributed by atoms with Gasteiger partial charge in [-0.05, 0) is 49.2 Å². The van der Waals surface area contributed by atoms with Gasteiger partial charge in [0.2, 0.25) is 0 Å². The third kappa shape index (κ3) is 5.92. The molecule has 2 aromatic carbocycles. The lowest BCUT2D eigenvalue weighted by atomic mass is 10.2. The Kier molecular flexibility index (Phi) is 7.43. The predicted octanol–water partition coefficient (Wildman–Crippen LogP) is 5.02. The van der Waals surface area contributed by atoms with Gasteiger partial charge >= 0.3 is 5.97 Å². The molecule has 7 heteroatoms. The van der Waals surface area contributed by atoms with Crippen LogP contribution >= 0.6 is 24.0 Å². The van der Waals surface area contributed by atoms with Crippen LogP contribution in [0.15, 0.2) is 59.5 Å². The van der Waals surface area contributed by atoms with E-state index in [1.165, 1.54) is 16.7 Å². The number of nitrogens with zero attached hydrogens (tertiary/aromatic N) is 1. The summed E-state index contributed by atoms with van der Waals surface area (Å²) in [7, 11) is 0. The molecule has 0 N–H and O–H groups in total. The van der Waals surface area contributed by atoms with E-state index in [2.05, 4.69) is 0 Å². The molecule has 1 fully saturated rings.